The van der Waals surface area contributed by atoms with E-state index in [0.29, 0.717) is 10.7 Å². The molecule has 1 heterocycles. The molecule has 0 aliphatic heterocycles. The Hall–Kier alpha value is -1.53. The number of carbonyl (C=O) groups is 1. The number of hydrogen-bond acceptors (Lipinski definition) is 5. The van der Waals surface area contributed by atoms with Crippen molar-refractivity contribution in [3.05, 3.63) is 40.9 Å². The number of aromatic nitrogens is 1. The van der Waals surface area contributed by atoms with Crippen molar-refractivity contribution in [2.24, 2.45) is 0 Å². The number of carbonyl (C=O) groups excluding carboxylic acids is 1. The predicted octanol–water partition coefficient (Wildman–Crippen LogP) is 4.05. The van der Waals surface area contributed by atoms with Crippen LogP contribution in [0.4, 0.5) is 5.13 Å². The van der Waals surface area contributed by atoms with Crippen LogP contribution in [0, 0.1) is 0 Å². The van der Waals surface area contributed by atoms with Crippen LogP contribution < -0.4 is 10.1 Å². The lowest BCUT2D eigenvalue weighted by atomic mass is 10.2. The van der Waals surface area contributed by atoms with E-state index >= 15 is 0 Å². The zero-order valence-electron chi connectivity index (χ0n) is 12.3. The normalized spacial score (nSPS) is 10.7. The average molecular weight is 322 g/mol. The van der Waals surface area contributed by atoms with Gasteiger partial charge in [0.15, 0.2) is 5.13 Å². The Bertz CT molecular complexity index is 594. The zero-order valence-corrected chi connectivity index (χ0v) is 13.9. The van der Waals surface area contributed by atoms with Gasteiger partial charge in [0.05, 0.1) is 11.8 Å². The van der Waals surface area contributed by atoms with Crippen molar-refractivity contribution in [2.75, 3.05) is 11.6 Å². The molecule has 0 unspecified atom stereocenters. The number of ether oxygens (including phenoxy) is 1. The van der Waals surface area contributed by atoms with Gasteiger partial charge in [-0.05, 0) is 44.4 Å². The number of rotatable bonds is 6. The van der Waals surface area contributed by atoms with Crippen molar-refractivity contribution in [3.8, 4) is 5.75 Å². The van der Waals surface area contributed by atoms with Gasteiger partial charge in [-0.1, -0.05) is 0 Å². The summed E-state index contributed by atoms with van der Waals surface area (Å²) in [5.74, 6) is 1.46. The third-order valence-electron chi connectivity index (χ3n) is 2.55. The zero-order chi connectivity index (χ0) is 15.2. The fraction of sp³-hybridized carbons (Fsp3) is 0.333. The number of hydrogen-bond donors (Lipinski definition) is 1. The van der Waals surface area contributed by atoms with E-state index in [2.05, 4.69) is 10.3 Å². The summed E-state index contributed by atoms with van der Waals surface area (Å²) in [5.41, 5.74) is 1.58. The lowest BCUT2D eigenvalue weighted by Gasteiger charge is -2.09. The maximum atomic E-state index is 12.1. The number of thioether (sulfide) groups is 1. The minimum Gasteiger partial charge on any atom is -0.491 e. The van der Waals surface area contributed by atoms with Crippen LogP contribution >= 0.6 is 23.1 Å². The first-order valence-electron chi connectivity index (χ1n) is 6.60. The highest BCUT2D eigenvalue weighted by Crippen LogP contribution is 2.20. The van der Waals surface area contributed by atoms with Crippen LogP contribution in [-0.4, -0.2) is 23.3 Å². The fourth-order valence-electron chi connectivity index (χ4n) is 1.70. The van der Waals surface area contributed by atoms with E-state index in [0.717, 1.165) is 17.2 Å². The monoisotopic (exact) mass is 322 g/mol. The highest BCUT2D eigenvalue weighted by Gasteiger charge is 2.09. The summed E-state index contributed by atoms with van der Waals surface area (Å²) in [6.45, 7) is 3.94. The van der Waals surface area contributed by atoms with E-state index in [9.17, 15) is 4.79 Å². The van der Waals surface area contributed by atoms with Crippen molar-refractivity contribution in [1.29, 1.82) is 0 Å². The van der Waals surface area contributed by atoms with Gasteiger partial charge in [0.1, 0.15) is 5.75 Å². The van der Waals surface area contributed by atoms with E-state index in [-0.39, 0.29) is 12.0 Å². The van der Waals surface area contributed by atoms with Crippen LogP contribution in [0.5, 0.6) is 5.75 Å². The Morgan fingerprint density at radius 2 is 2.10 bits per heavy atom. The number of anilines is 1. The Balaban J connectivity index is 1.99. The second-order valence-electron chi connectivity index (χ2n) is 4.72. The quantitative estimate of drug-likeness (QED) is 0.872. The summed E-state index contributed by atoms with van der Waals surface area (Å²) in [7, 11) is 0. The molecule has 0 aliphatic rings. The minimum atomic E-state index is -0.156. The number of amides is 1. The standard InChI is InChI=1S/C15H18N2O2S2/c1-10(2)19-13-6-4-11(5-7-13)14(18)17-15-16-12(8-20-3)9-21-15/h4-7,9-10H,8H2,1-3H3,(H,16,17,18). The van der Waals surface area contributed by atoms with E-state index in [4.69, 9.17) is 4.74 Å². The highest BCUT2D eigenvalue weighted by molar-refractivity contribution is 7.97. The smallest absolute Gasteiger partial charge is 0.257 e. The summed E-state index contributed by atoms with van der Waals surface area (Å²) < 4.78 is 5.55. The number of nitrogens with zero attached hydrogens (tertiary/aromatic N) is 1. The molecule has 1 aromatic carbocycles. The first-order chi connectivity index (χ1) is 10.1. The summed E-state index contributed by atoms with van der Waals surface area (Å²) in [6, 6.07) is 7.11. The number of thiazole rings is 1. The molecule has 0 saturated carbocycles. The van der Waals surface area contributed by atoms with Crippen LogP contribution in [0.15, 0.2) is 29.6 Å². The van der Waals surface area contributed by atoms with Gasteiger partial charge in [0.2, 0.25) is 0 Å². The average Bonchev–Trinajstić information content (AvgIpc) is 2.86. The van der Waals surface area contributed by atoms with E-state index in [1.54, 1.807) is 36.0 Å². The summed E-state index contributed by atoms with van der Waals surface area (Å²) >= 11 is 3.15. The van der Waals surface area contributed by atoms with Crippen molar-refractivity contribution >= 4 is 34.1 Å². The molecule has 0 spiro atoms. The molecular formula is C15H18N2O2S2. The first-order valence-corrected chi connectivity index (χ1v) is 8.87. The molecule has 0 bridgehead atoms. The lowest BCUT2D eigenvalue weighted by molar-refractivity contribution is 0.102. The Morgan fingerprint density at radius 1 is 1.38 bits per heavy atom. The van der Waals surface area contributed by atoms with Gasteiger partial charge < -0.3 is 4.74 Å². The minimum absolute atomic E-state index is 0.120. The highest BCUT2D eigenvalue weighted by atomic mass is 32.2. The largest absolute Gasteiger partial charge is 0.491 e. The van der Waals surface area contributed by atoms with Gasteiger partial charge in [-0.2, -0.15) is 11.8 Å². The third-order valence-corrected chi connectivity index (χ3v) is 3.94. The molecule has 4 nitrogen and oxygen atoms in total. The second-order valence-corrected chi connectivity index (χ2v) is 6.45. The molecule has 21 heavy (non-hydrogen) atoms. The van der Waals surface area contributed by atoms with Crippen molar-refractivity contribution in [1.82, 2.24) is 4.98 Å². The van der Waals surface area contributed by atoms with Gasteiger partial charge >= 0.3 is 0 Å². The summed E-state index contributed by atoms with van der Waals surface area (Å²) in [5, 5.41) is 5.41. The number of benzene rings is 1. The SMILES string of the molecule is CSCc1csc(NC(=O)c2ccc(OC(C)C)cc2)n1. The van der Waals surface area contributed by atoms with E-state index in [1.807, 2.05) is 25.5 Å². The molecule has 1 amide bonds. The lowest BCUT2D eigenvalue weighted by Crippen LogP contribution is -2.12. The molecule has 0 fully saturated rings. The fourth-order valence-corrected chi connectivity index (χ4v) is 2.96. The van der Waals surface area contributed by atoms with E-state index < -0.39 is 0 Å². The third kappa shape index (κ3) is 4.75. The van der Waals surface area contributed by atoms with Gasteiger partial charge in [-0.15, -0.1) is 11.3 Å². The van der Waals surface area contributed by atoms with Crippen LogP contribution in [0.2, 0.25) is 0 Å². The molecule has 2 rings (SSSR count). The van der Waals surface area contributed by atoms with Gasteiger partial charge in [-0.25, -0.2) is 4.98 Å². The van der Waals surface area contributed by atoms with Gasteiger partial charge in [0, 0.05) is 16.7 Å². The Labute approximate surface area is 132 Å². The molecule has 6 heteroatoms. The number of nitrogens with one attached hydrogen (secondary N) is 1. The second kappa shape index (κ2) is 7.47. The Kier molecular flexibility index (Phi) is 5.64. The van der Waals surface area contributed by atoms with Crippen LogP contribution in [0.25, 0.3) is 0 Å². The molecule has 0 saturated heterocycles. The molecule has 1 N–H and O–H groups in total. The topological polar surface area (TPSA) is 51.2 Å². The summed E-state index contributed by atoms with van der Waals surface area (Å²) in [6.07, 6.45) is 2.15. The van der Waals surface area contributed by atoms with Crippen LogP contribution in [0.3, 0.4) is 0 Å². The van der Waals surface area contributed by atoms with Gasteiger partial charge in [-0.3, -0.25) is 10.1 Å². The Morgan fingerprint density at radius 3 is 2.71 bits per heavy atom. The molecule has 0 atom stereocenters. The van der Waals surface area contributed by atoms with Crippen molar-refractivity contribution in [3.63, 3.8) is 0 Å². The van der Waals surface area contributed by atoms with Crippen LogP contribution in [-0.2, 0) is 5.75 Å². The van der Waals surface area contributed by atoms with E-state index in [1.165, 1.54) is 11.3 Å². The van der Waals surface area contributed by atoms with Crippen LogP contribution in [0.1, 0.15) is 29.9 Å². The molecule has 0 aliphatic carbocycles. The molecule has 1 aromatic heterocycles. The maximum Gasteiger partial charge on any atom is 0.257 e. The predicted molar refractivity (Wildman–Crippen MR) is 89.5 cm³/mol. The molecule has 0 radical (unpaired) electrons. The first kappa shape index (κ1) is 15.9. The van der Waals surface area contributed by atoms with Gasteiger partial charge in [0.25, 0.3) is 5.91 Å². The summed E-state index contributed by atoms with van der Waals surface area (Å²) in [4.78, 5) is 16.5. The molecule has 2 aromatic rings. The maximum absolute atomic E-state index is 12.1. The molecular weight excluding hydrogens is 304 g/mol. The van der Waals surface area contributed by atoms with Crippen molar-refractivity contribution < 1.29 is 9.53 Å². The van der Waals surface area contributed by atoms with Crippen molar-refractivity contribution in [2.45, 2.75) is 25.7 Å². The molecule has 112 valence electrons.